The first kappa shape index (κ1) is 26.3. The monoisotopic (exact) mass is 416 g/mol. The van der Waals surface area contributed by atoms with Crippen LogP contribution >= 0.6 is 0 Å². The highest BCUT2D eigenvalue weighted by molar-refractivity contribution is 6.12. The Morgan fingerprint density at radius 1 is 0.633 bits per heavy atom. The van der Waals surface area contributed by atoms with Crippen molar-refractivity contribution in [2.24, 2.45) is 46.3 Å². The predicted octanol–water partition coefficient (Wildman–Crippen LogP) is 4.33. The lowest BCUT2D eigenvalue weighted by atomic mass is 9.41. The fourth-order valence-electron chi connectivity index (χ4n) is 7.22. The minimum atomic E-state index is 0.686. The third-order valence-corrected chi connectivity index (χ3v) is 10.5. The summed E-state index contributed by atoms with van der Waals surface area (Å²) in [4.78, 5) is 4.36. The van der Waals surface area contributed by atoms with Crippen molar-refractivity contribution < 1.29 is 0 Å². The highest BCUT2D eigenvalue weighted by Gasteiger charge is 2.55. The van der Waals surface area contributed by atoms with Crippen molar-refractivity contribution >= 4 is 15.7 Å². The number of hydrogen-bond acceptors (Lipinski definition) is 2. The first-order chi connectivity index (χ1) is 13.7. The van der Waals surface area contributed by atoms with E-state index in [4.69, 9.17) is 0 Å². The molecule has 30 heavy (non-hydrogen) atoms. The minimum absolute atomic E-state index is 0.686. The van der Waals surface area contributed by atoms with Crippen LogP contribution in [0.5, 0.6) is 0 Å². The normalized spacial score (nSPS) is 42.1. The quantitative estimate of drug-likeness (QED) is 0.632. The average Bonchev–Trinajstić information content (AvgIpc) is 2.64. The van der Waals surface area contributed by atoms with Crippen LogP contribution in [0.15, 0.2) is 0 Å². The Kier molecular flexibility index (Phi) is 8.68. The van der Waals surface area contributed by atoms with Crippen molar-refractivity contribution in [2.45, 2.75) is 78.9 Å². The molecule has 0 aromatic heterocycles. The number of likely N-dealkylation sites (N-methyl/N-ethyl adjacent to an activating group) is 2. The van der Waals surface area contributed by atoms with Gasteiger partial charge in [-0.15, -0.1) is 0 Å². The molecular formula is C26H54B2N2. The molecule has 4 heteroatoms. The molecule has 0 aliphatic heterocycles. The summed E-state index contributed by atoms with van der Waals surface area (Å²) in [5.41, 5.74) is 1.37. The van der Waals surface area contributed by atoms with Crippen LogP contribution in [0.3, 0.4) is 0 Å². The zero-order valence-corrected chi connectivity index (χ0v) is 22.8. The van der Waals surface area contributed by atoms with E-state index in [1.165, 1.54) is 25.7 Å². The van der Waals surface area contributed by atoms with E-state index in [2.05, 4.69) is 95.2 Å². The van der Waals surface area contributed by atoms with E-state index in [1.807, 2.05) is 0 Å². The van der Waals surface area contributed by atoms with Crippen LogP contribution in [-0.4, -0.2) is 66.8 Å². The van der Waals surface area contributed by atoms with Gasteiger partial charge in [-0.25, -0.2) is 0 Å². The Hall–Kier alpha value is 0.0499. The summed E-state index contributed by atoms with van der Waals surface area (Å²) >= 11 is 0. The molecule has 0 N–H and O–H groups in total. The lowest BCUT2D eigenvalue weighted by Crippen LogP contribution is -2.53. The summed E-state index contributed by atoms with van der Waals surface area (Å²) in [5.74, 6) is 8.13. The third-order valence-electron chi connectivity index (χ3n) is 10.5. The van der Waals surface area contributed by atoms with Gasteiger partial charge in [0.25, 0.3) is 0 Å². The van der Waals surface area contributed by atoms with Crippen molar-refractivity contribution in [3.05, 3.63) is 0 Å². The summed E-state index contributed by atoms with van der Waals surface area (Å²) in [6, 6.07) is 0. The van der Waals surface area contributed by atoms with E-state index in [0.717, 1.165) is 60.2 Å². The van der Waals surface area contributed by atoms with Crippen molar-refractivity contribution in [3.63, 3.8) is 0 Å². The van der Waals surface area contributed by atoms with Crippen LogP contribution in [0.4, 0.5) is 0 Å². The molecule has 2 nitrogen and oxygen atoms in total. The Bertz CT molecular complexity index is 497. The van der Waals surface area contributed by atoms with Crippen LogP contribution < -0.4 is 0 Å². The van der Waals surface area contributed by atoms with Gasteiger partial charge in [0.15, 0.2) is 0 Å². The van der Waals surface area contributed by atoms with Gasteiger partial charge in [0.2, 0.25) is 0 Å². The van der Waals surface area contributed by atoms with Crippen molar-refractivity contribution in [3.8, 4) is 0 Å². The Balaban J connectivity index is 0.000000163. The van der Waals surface area contributed by atoms with Crippen LogP contribution in [0.1, 0.15) is 67.2 Å². The SMILES string of the molecule is B[C@H]1C[C@H]2C[C@@H]([C@@H]1C)C2(C)C.B[C@H]1C[C@H]2C[C@@H]([C@@H]1C)C2(C)C.CN(C)CCN(C)C. The third kappa shape index (κ3) is 5.51. The molecule has 174 valence electrons. The van der Waals surface area contributed by atoms with E-state index in [0.29, 0.717) is 10.8 Å². The summed E-state index contributed by atoms with van der Waals surface area (Å²) in [5, 5.41) is 0. The highest BCUT2D eigenvalue weighted by Crippen LogP contribution is 2.64. The molecule has 6 rings (SSSR count). The number of hydrogen-bond donors (Lipinski definition) is 0. The second kappa shape index (κ2) is 9.90. The van der Waals surface area contributed by atoms with Gasteiger partial charge in [0, 0.05) is 13.1 Å². The van der Waals surface area contributed by atoms with Crippen LogP contribution in [0, 0.1) is 46.3 Å². The van der Waals surface area contributed by atoms with Gasteiger partial charge in [0.05, 0.1) is 0 Å². The first-order valence-corrected chi connectivity index (χ1v) is 13.0. The molecule has 0 radical (unpaired) electrons. The lowest BCUT2D eigenvalue weighted by Gasteiger charge is -2.62. The van der Waals surface area contributed by atoms with Crippen molar-refractivity contribution in [2.75, 3.05) is 41.3 Å². The zero-order valence-electron chi connectivity index (χ0n) is 22.8. The Morgan fingerprint density at radius 3 is 1.10 bits per heavy atom. The maximum atomic E-state index is 2.47. The van der Waals surface area contributed by atoms with Gasteiger partial charge >= 0.3 is 0 Å². The summed E-state index contributed by atoms with van der Waals surface area (Å²) in [6.45, 7) is 17.1. The maximum Gasteiger partial charge on any atom is 0.105 e. The maximum absolute atomic E-state index is 2.47. The molecule has 0 aromatic rings. The van der Waals surface area contributed by atoms with E-state index in [1.54, 1.807) is 0 Å². The van der Waals surface area contributed by atoms with Gasteiger partial charge in [0.1, 0.15) is 15.7 Å². The van der Waals surface area contributed by atoms with E-state index < -0.39 is 0 Å². The largest absolute Gasteiger partial charge is 0.308 e. The summed E-state index contributed by atoms with van der Waals surface area (Å²) in [6.07, 6.45) is 6.03. The first-order valence-electron chi connectivity index (χ1n) is 13.0. The van der Waals surface area contributed by atoms with E-state index >= 15 is 0 Å². The van der Waals surface area contributed by atoms with Gasteiger partial charge in [-0.2, -0.15) is 0 Å². The average molecular weight is 416 g/mol. The molecule has 0 heterocycles. The number of nitrogens with zero attached hydrogens (tertiary/aromatic N) is 2. The molecule has 0 unspecified atom stereocenters. The van der Waals surface area contributed by atoms with Crippen LogP contribution in [0.2, 0.25) is 11.6 Å². The lowest BCUT2D eigenvalue weighted by molar-refractivity contribution is -0.0980. The minimum Gasteiger partial charge on any atom is -0.308 e. The van der Waals surface area contributed by atoms with Gasteiger partial charge in [-0.3, -0.25) is 0 Å². The molecule has 0 spiro atoms. The molecule has 6 fully saturated rings. The molecule has 4 bridgehead atoms. The Morgan fingerprint density at radius 2 is 0.933 bits per heavy atom. The molecule has 0 amide bonds. The molecule has 0 saturated heterocycles. The highest BCUT2D eigenvalue weighted by atomic mass is 15.1. The van der Waals surface area contributed by atoms with Gasteiger partial charge < -0.3 is 9.80 Å². The van der Waals surface area contributed by atoms with E-state index in [9.17, 15) is 0 Å². The molecule has 6 aliphatic carbocycles. The molecular weight excluding hydrogens is 362 g/mol. The molecule has 8 atom stereocenters. The van der Waals surface area contributed by atoms with Crippen LogP contribution in [0.25, 0.3) is 0 Å². The molecule has 0 aromatic carbocycles. The topological polar surface area (TPSA) is 6.48 Å². The second-order valence-electron chi connectivity index (χ2n) is 13.5. The summed E-state index contributed by atoms with van der Waals surface area (Å²) < 4.78 is 0. The van der Waals surface area contributed by atoms with Gasteiger partial charge in [-0.05, 0) is 87.4 Å². The number of fused-ring (bicyclic) bond motifs is 4. The van der Waals surface area contributed by atoms with E-state index in [-0.39, 0.29) is 0 Å². The fraction of sp³-hybridized carbons (Fsp3) is 1.00. The molecule has 6 saturated carbocycles. The smallest absolute Gasteiger partial charge is 0.105 e. The fourth-order valence-corrected chi connectivity index (χ4v) is 7.22. The predicted molar refractivity (Wildman–Crippen MR) is 140 cm³/mol. The number of rotatable bonds is 3. The van der Waals surface area contributed by atoms with Crippen molar-refractivity contribution in [1.82, 2.24) is 9.80 Å². The van der Waals surface area contributed by atoms with Gasteiger partial charge in [-0.1, -0.05) is 66.0 Å². The second-order valence-corrected chi connectivity index (χ2v) is 13.5. The van der Waals surface area contributed by atoms with Crippen LogP contribution in [-0.2, 0) is 0 Å². The zero-order chi connectivity index (χ0) is 23.0. The molecule has 6 aliphatic rings. The van der Waals surface area contributed by atoms with Crippen molar-refractivity contribution in [1.29, 1.82) is 0 Å². The standard InChI is InChI=1S/2C10H19B.C6H16N2/c2*1-6-8-4-7(5-9(6)11)10(8,2)3;1-7(2)5-6-8(3)4/h2*6-9H,4-5,11H2,1-3H3;5-6H2,1-4H3/t2*6-,7+,8-,9-;/m00./s1. The Labute approximate surface area is 192 Å². The summed E-state index contributed by atoms with van der Waals surface area (Å²) in [7, 11) is 13.2.